The summed E-state index contributed by atoms with van der Waals surface area (Å²) in [4.78, 5) is 36.7. The fraction of sp³-hybridized carbons (Fsp3) is 0.476. The Labute approximate surface area is 165 Å². The van der Waals surface area contributed by atoms with Crippen LogP contribution in [-0.4, -0.2) is 49.2 Å². The molecule has 1 N–H and O–H groups in total. The molecule has 1 aliphatic heterocycles. The zero-order valence-corrected chi connectivity index (χ0v) is 16.3. The number of allylic oxidation sites excluding steroid dienone is 1. The normalized spacial score (nSPS) is 16.4. The lowest BCUT2D eigenvalue weighted by atomic mass is 10.2. The maximum atomic E-state index is 12.1. The average Bonchev–Trinajstić information content (AvgIpc) is 3.07. The summed E-state index contributed by atoms with van der Waals surface area (Å²) in [5.41, 5.74) is 0.995. The van der Waals surface area contributed by atoms with Crippen molar-refractivity contribution in [2.24, 2.45) is 0 Å². The van der Waals surface area contributed by atoms with Crippen molar-refractivity contribution in [3.05, 3.63) is 48.0 Å². The molecule has 2 amide bonds. The minimum atomic E-state index is -0.485. The molecule has 1 atom stereocenters. The van der Waals surface area contributed by atoms with Crippen LogP contribution in [0.15, 0.2) is 42.5 Å². The highest BCUT2D eigenvalue weighted by Crippen LogP contribution is 2.19. The van der Waals surface area contributed by atoms with E-state index in [1.54, 1.807) is 4.90 Å². The Morgan fingerprint density at radius 2 is 2.04 bits per heavy atom. The van der Waals surface area contributed by atoms with Crippen molar-refractivity contribution in [2.75, 3.05) is 20.3 Å². The molecule has 0 spiro atoms. The van der Waals surface area contributed by atoms with Gasteiger partial charge in [0.25, 0.3) is 0 Å². The van der Waals surface area contributed by atoms with E-state index in [9.17, 15) is 14.4 Å². The maximum absolute atomic E-state index is 12.1. The predicted octanol–water partition coefficient (Wildman–Crippen LogP) is 2.80. The Hall–Kier alpha value is -2.83. The van der Waals surface area contributed by atoms with Gasteiger partial charge in [0, 0.05) is 25.9 Å². The van der Waals surface area contributed by atoms with Crippen LogP contribution >= 0.6 is 0 Å². The summed E-state index contributed by atoms with van der Waals surface area (Å²) in [6.45, 7) is 1.07. The molecule has 1 saturated heterocycles. The molecule has 28 heavy (non-hydrogen) atoms. The average molecular weight is 388 g/mol. The Balaban J connectivity index is 1.68. The Kier molecular flexibility index (Phi) is 9.04. The predicted molar refractivity (Wildman–Crippen MR) is 104 cm³/mol. The minimum absolute atomic E-state index is 0.0671. The van der Waals surface area contributed by atoms with Gasteiger partial charge in [0.1, 0.15) is 6.61 Å². The highest BCUT2D eigenvalue weighted by atomic mass is 16.5. The molecular formula is C21H28N2O5. The third-order valence-corrected chi connectivity index (χ3v) is 4.59. The Bertz CT molecular complexity index is 675. The van der Waals surface area contributed by atoms with Crippen LogP contribution in [-0.2, 0) is 25.6 Å². The lowest BCUT2D eigenvalue weighted by Gasteiger charge is -2.23. The lowest BCUT2D eigenvalue weighted by Crippen LogP contribution is -2.38. The topological polar surface area (TPSA) is 84.9 Å². The number of benzene rings is 1. The van der Waals surface area contributed by atoms with Crippen LogP contribution < -0.4 is 5.32 Å². The molecule has 1 fully saturated rings. The van der Waals surface area contributed by atoms with E-state index in [1.807, 2.05) is 42.5 Å². The van der Waals surface area contributed by atoms with Gasteiger partial charge in [-0.15, -0.1) is 0 Å². The van der Waals surface area contributed by atoms with Crippen LogP contribution in [0, 0.1) is 0 Å². The van der Waals surface area contributed by atoms with E-state index < -0.39 is 6.09 Å². The number of likely N-dealkylation sites (tertiary alicyclic amines) is 1. The standard InChI is InChI=1S/C21H28N2O5/c1-27-20(25)11-7-2-3-8-14-23-18(12-13-19(23)24)16-28-21(26)22-15-17-9-5-4-6-10-17/h3-6,8-10,18H,2,7,11-16H2,1H3,(H,22,26)/b8-3-/t18-/m1/s1. The minimum Gasteiger partial charge on any atom is -0.469 e. The van der Waals surface area contributed by atoms with Crippen molar-refractivity contribution in [3.8, 4) is 0 Å². The number of hydrogen-bond donors (Lipinski definition) is 1. The van der Waals surface area contributed by atoms with Gasteiger partial charge in [-0.3, -0.25) is 9.59 Å². The number of hydrogen-bond acceptors (Lipinski definition) is 5. The summed E-state index contributed by atoms with van der Waals surface area (Å²) in [7, 11) is 1.38. The Morgan fingerprint density at radius 1 is 1.25 bits per heavy atom. The molecule has 7 nitrogen and oxygen atoms in total. The monoisotopic (exact) mass is 388 g/mol. The van der Waals surface area contributed by atoms with Crippen molar-refractivity contribution >= 4 is 18.0 Å². The van der Waals surface area contributed by atoms with Gasteiger partial charge in [0.15, 0.2) is 0 Å². The summed E-state index contributed by atoms with van der Waals surface area (Å²) < 4.78 is 9.88. The SMILES string of the molecule is COC(=O)CCC/C=C\CN1C(=O)CC[C@@H]1COC(=O)NCc1ccccc1. The van der Waals surface area contributed by atoms with Crippen molar-refractivity contribution in [1.82, 2.24) is 10.2 Å². The van der Waals surface area contributed by atoms with E-state index in [2.05, 4.69) is 10.1 Å². The third-order valence-electron chi connectivity index (χ3n) is 4.59. The van der Waals surface area contributed by atoms with E-state index in [4.69, 9.17) is 4.74 Å². The molecule has 1 aliphatic rings. The quantitative estimate of drug-likeness (QED) is 0.378. The van der Waals surface area contributed by atoms with Crippen molar-refractivity contribution in [1.29, 1.82) is 0 Å². The van der Waals surface area contributed by atoms with Crippen molar-refractivity contribution in [2.45, 2.75) is 44.7 Å². The fourth-order valence-electron chi connectivity index (χ4n) is 2.98. The number of carbonyl (C=O) groups is 3. The first kappa shape index (κ1) is 21.5. The number of rotatable bonds is 10. The number of esters is 1. The second-order valence-corrected chi connectivity index (χ2v) is 6.62. The van der Waals surface area contributed by atoms with Gasteiger partial charge in [0.05, 0.1) is 13.2 Å². The van der Waals surface area contributed by atoms with Crippen LogP contribution in [0.4, 0.5) is 4.79 Å². The summed E-state index contributed by atoms with van der Waals surface area (Å²) in [6.07, 6.45) is 6.39. The molecule has 0 unspecified atom stereocenters. The van der Waals surface area contributed by atoms with E-state index in [1.165, 1.54) is 7.11 Å². The van der Waals surface area contributed by atoms with E-state index in [0.29, 0.717) is 38.8 Å². The molecule has 1 aromatic rings. The van der Waals surface area contributed by atoms with Gasteiger partial charge in [0.2, 0.25) is 5.91 Å². The second kappa shape index (κ2) is 11.8. The zero-order chi connectivity index (χ0) is 20.2. The summed E-state index contributed by atoms with van der Waals surface area (Å²) in [6, 6.07) is 9.49. The number of ether oxygens (including phenoxy) is 2. The first-order chi connectivity index (χ1) is 13.6. The van der Waals surface area contributed by atoms with Crippen LogP contribution in [0.3, 0.4) is 0 Å². The van der Waals surface area contributed by atoms with Crippen LogP contribution in [0.2, 0.25) is 0 Å². The number of alkyl carbamates (subject to hydrolysis) is 1. The second-order valence-electron chi connectivity index (χ2n) is 6.62. The molecule has 0 saturated carbocycles. The molecular weight excluding hydrogens is 360 g/mol. The van der Waals surface area contributed by atoms with Gasteiger partial charge in [-0.2, -0.15) is 0 Å². The van der Waals surface area contributed by atoms with Crippen molar-refractivity contribution < 1.29 is 23.9 Å². The molecule has 7 heteroatoms. The van der Waals surface area contributed by atoms with E-state index >= 15 is 0 Å². The van der Waals surface area contributed by atoms with Crippen LogP contribution in [0.25, 0.3) is 0 Å². The number of amides is 2. The number of unbranched alkanes of at least 4 members (excludes halogenated alkanes) is 1. The van der Waals surface area contributed by atoms with Crippen LogP contribution in [0.5, 0.6) is 0 Å². The highest BCUT2D eigenvalue weighted by Gasteiger charge is 2.30. The number of nitrogens with zero attached hydrogens (tertiary/aromatic N) is 1. The third kappa shape index (κ3) is 7.42. The Morgan fingerprint density at radius 3 is 2.79 bits per heavy atom. The summed E-state index contributed by atoms with van der Waals surface area (Å²) in [5, 5.41) is 2.71. The highest BCUT2D eigenvalue weighted by molar-refractivity contribution is 5.79. The van der Waals surface area contributed by atoms with Crippen LogP contribution in [0.1, 0.15) is 37.7 Å². The maximum Gasteiger partial charge on any atom is 0.407 e. The molecule has 152 valence electrons. The van der Waals surface area contributed by atoms with Gasteiger partial charge in [-0.25, -0.2) is 4.79 Å². The zero-order valence-electron chi connectivity index (χ0n) is 16.3. The number of nitrogens with one attached hydrogen (secondary N) is 1. The molecule has 2 rings (SSSR count). The summed E-state index contributed by atoms with van der Waals surface area (Å²) >= 11 is 0. The van der Waals surface area contributed by atoms with E-state index in [-0.39, 0.29) is 24.5 Å². The summed E-state index contributed by atoms with van der Waals surface area (Å²) in [5.74, 6) is -0.150. The van der Waals surface area contributed by atoms with Gasteiger partial charge in [-0.05, 0) is 24.8 Å². The first-order valence-corrected chi connectivity index (χ1v) is 9.56. The largest absolute Gasteiger partial charge is 0.469 e. The lowest BCUT2D eigenvalue weighted by molar-refractivity contribution is -0.140. The van der Waals surface area contributed by atoms with Gasteiger partial charge in [-0.1, -0.05) is 42.5 Å². The van der Waals surface area contributed by atoms with E-state index in [0.717, 1.165) is 12.0 Å². The molecule has 1 aromatic carbocycles. The smallest absolute Gasteiger partial charge is 0.407 e. The number of methoxy groups -OCH3 is 1. The fourth-order valence-corrected chi connectivity index (χ4v) is 2.98. The molecule has 0 aliphatic carbocycles. The van der Waals surface area contributed by atoms with Crippen molar-refractivity contribution in [3.63, 3.8) is 0 Å². The molecule has 0 radical (unpaired) electrons. The number of carbonyl (C=O) groups excluding carboxylic acids is 3. The first-order valence-electron chi connectivity index (χ1n) is 9.56. The van der Waals surface area contributed by atoms with Gasteiger partial charge >= 0.3 is 12.1 Å². The molecule has 1 heterocycles. The van der Waals surface area contributed by atoms with Gasteiger partial charge < -0.3 is 19.7 Å². The molecule has 0 aromatic heterocycles. The molecule has 0 bridgehead atoms.